The smallest absolute Gasteiger partial charge is 0.323 e. The summed E-state index contributed by atoms with van der Waals surface area (Å²) in [7, 11) is 1.46. The van der Waals surface area contributed by atoms with Crippen LogP contribution in [0.5, 0.6) is 0 Å². The van der Waals surface area contributed by atoms with Crippen molar-refractivity contribution in [1.82, 2.24) is 5.32 Å². The number of nitrogens with one attached hydrogen (secondary N) is 1. The van der Waals surface area contributed by atoms with Gasteiger partial charge in [-0.1, -0.05) is 33.1 Å². The Morgan fingerprint density at radius 2 is 2.00 bits per heavy atom. The summed E-state index contributed by atoms with van der Waals surface area (Å²) in [6, 6.07) is 0.164. The van der Waals surface area contributed by atoms with Gasteiger partial charge in [0.05, 0.1) is 12.7 Å². The molecule has 1 spiro atoms. The van der Waals surface area contributed by atoms with Crippen LogP contribution in [0.15, 0.2) is 0 Å². The largest absolute Gasteiger partial charge is 0.468 e. The lowest BCUT2D eigenvalue weighted by Crippen LogP contribution is -2.53. The first-order chi connectivity index (χ1) is 9.56. The minimum atomic E-state index is -0.205. The van der Waals surface area contributed by atoms with E-state index in [1.165, 1.54) is 39.2 Å². The summed E-state index contributed by atoms with van der Waals surface area (Å²) >= 11 is 0. The molecule has 0 aromatic rings. The molecule has 0 amide bonds. The van der Waals surface area contributed by atoms with Crippen LogP contribution in [0, 0.1) is 5.92 Å². The Morgan fingerprint density at radius 3 is 2.60 bits per heavy atom. The molecule has 1 saturated heterocycles. The third kappa shape index (κ3) is 3.73. The highest BCUT2D eigenvalue weighted by Gasteiger charge is 2.39. The average Bonchev–Trinajstić information content (AvgIpc) is 2.44. The molecule has 20 heavy (non-hydrogen) atoms. The van der Waals surface area contributed by atoms with E-state index in [1.54, 1.807) is 0 Å². The van der Waals surface area contributed by atoms with Gasteiger partial charge in [-0.15, -0.1) is 0 Å². The number of hydrogen-bond donors (Lipinski definition) is 1. The maximum atomic E-state index is 11.9. The van der Waals surface area contributed by atoms with Gasteiger partial charge in [0.15, 0.2) is 0 Å². The van der Waals surface area contributed by atoms with Crippen LogP contribution in [0.4, 0.5) is 0 Å². The molecule has 0 aromatic carbocycles. The molecule has 2 aliphatic rings. The van der Waals surface area contributed by atoms with Crippen LogP contribution >= 0.6 is 0 Å². The van der Waals surface area contributed by atoms with E-state index in [0.717, 1.165) is 19.4 Å². The zero-order chi connectivity index (χ0) is 14.6. The maximum Gasteiger partial charge on any atom is 0.323 e. The Kier molecular flexibility index (Phi) is 5.44. The second kappa shape index (κ2) is 6.90. The first-order valence-electron chi connectivity index (χ1n) is 8.04. The van der Waals surface area contributed by atoms with Crippen LogP contribution in [-0.4, -0.2) is 37.4 Å². The zero-order valence-electron chi connectivity index (χ0n) is 13.1. The van der Waals surface area contributed by atoms with Gasteiger partial charge in [-0.3, -0.25) is 4.79 Å². The van der Waals surface area contributed by atoms with Crippen molar-refractivity contribution in [3.05, 3.63) is 0 Å². The molecule has 4 heteroatoms. The molecule has 1 aliphatic carbocycles. The molecule has 2 unspecified atom stereocenters. The van der Waals surface area contributed by atoms with Crippen LogP contribution in [0.3, 0.4) is 0 Å². The van der Waals surface area contributed by atoms with E-state index >= 15 is 0 Å². The Labute approximate surface area is 122 Å². The zero-order valence-corrected chi connectivity index (χ0v) is 13.1. The fourth-order valence-electron chi connectivity index (χ4n) is 3.63. The van der Waals surface area contributed by atoms with Gasteiger partial charge >= 0.3 is 5.97 Å². The monoisotopic (exact) mass is 283 g/mol. The number of rotatable bonds is 4. The molecular formula is C16H29NO3. The summed E-state index contributed by atoms with van der Waals surface area (Å²) in [5, 5.41) is 3.52. The van der Waals surface area contributed by atoms with Crippen LogP contribution in [0.25, 0.3) is 0 Å². The fourth-order valence-corrected chi connectivity index (χ4v) is 3.63. The lowest BCUT2D eigenvalue weighted by Gasteiger charge is -2.44. The van der Waals surface area contributed by atoms with Crippen molar-refractivity contribution in [3.8, 4) is 0 Å². The van der Waals surface area contributed by atoms with Gasteiger partial charge in [-0.25, -0.2) is 0 Å². The molecular weight excluding hydrogens is 254 g/mol. The summed E-state index contributed by atoms with van der Waals surface area (Å²) in [5.74, 6) is 0.0942. The molecule has 2 atom stereocenters. The second-order valence-corrected chi connectivity index (χ2v) is 6.69. The number of hydrogen-bond acceptors (Lipinski definition) is 4. The molecule has 1 heterocycles. The fraction of sp³-hybridized carbons (Fsp3) is 0.938. The van der Waals surface area contributed by atoms with Crippen molar-refractivity contribution < 1.29 is 14.3 Å². The van der Waals surface area contributed by atoms with Gasteiger partial charge < -0.3 is 14.8 Å². The molecule has 1 N–H and O–H groups in total. The number of carbonyl (C=O) groups is 1. The third-order valence-electron chi connectivity index (χ3n) is 4.79. The first kappa shape index (κ1) is 15.8. The predicted molar refractivity (Wildman–Crippen MR) is 78.6 cm³/mol. The van der Waals surface area contributed by atoms with Gasteiger partial charge in [0.1, 0.15) is 6.04 Å². The summed E-state index contributed by atoms with van der Waals surface area (Å²) in [6.07, 6.45) is 8.26. The topological polar surface area (TPSA) is 47.6 Å². The Balaban J connectivity index is 1.95. The lowest BCUT2D eigenvalue weighted by atomic mass is 9.78. The number of carbonyl (C=O) groups excluding carboxylic acids is 1. The highest BCUT2D eigenvalue weighted by molar-refractivity contribution is 5.75. The molecule has 4 nitrogen and oxygen atoms in total. The first-order valence-corrected chi connectivity index (χ1v) is 8.04. The average molecular weight is 283 g/mol. The van der Waals surface area contributed by atoms with Crippen molar-refractivity contribution in [3.63, 3.8) is 0 Å². The number of ether oxygens (including phenoxy) is 2. The van der Waals surface area contributed by atoms with Gasteiger partial charge in [0, 0.05) is 12.6 Å². The van der Waals surface area contributed by atoms with Crippen molar-refractivity contribution in [2.45, 2.75) is 76.5 Å². The van der Waals surface area contributed by atoms with E-state index in [4.69, 9.17) is 9.47 Å². The molecule has 116 valence electrons. The van der Waals surface area contributed by atoms with Gasteiger partial charge in [-0.2, -0.15) is 0 Å². The highest BCUT2D eigenvalue weighted by atomic mass is 16.5. The standard InChI is InChI=1S/C16H29NO3/c1-12(2)14(15(18)19-3)17-13-7-10-20-16(11-13)8-5-4-6-9-16/h12-14,17H,4-11H2,1-3H3. The van der Waals surface area contributed by atoms with E-state index < -0.39 is 0 Å². The summed E-state index contributed by atoms with van der Waals surface area (Å²) in [4.78, 5) is 11.9. The molecule has 0 aromatic heterocycles. The lowest BCUT2D eigenvalue weighted by molar-refractivity contribution is -0.146. The van der Waals surface area contributed by atoms with Crippen LogP contribution in [-0.2, 0) is 14.3 Å². The Hall–Kier alpha value is -0.610. The highest BCUT2D eigenvalue weighted by Crippen LogP contribution is 2.38. The van der Waals surface area contributed by atoms with E-state index in [9.17, 15) is 4.79 Å². The van der Waals surface area contributed by atoms with E-state index in [1.807, 2.05) is 0 Å². The Bertz CT molecular complexity index is 318. The summed E-state index contributed by atoms with van der Waals surface area (Å²) < 4.78 is 11.0. The SMILES string of the molecule is COC(=O)C(NC1CCOC2(CCCCC2)C1)C(C)C. The molecule has 2 fully saturated rings. The van der Waals surface area contributed by atoms with Crippen molar-refractivity contribution in [1.29, 1.82) is 0 Å². The predicted octanol–water partition coefficient (Wildman–Crippen LogP) is 2.66. The van der Waals surface area contributed by atoms with Gasteiger partial charge in [0.25, 0.3) is 0 Å². The van der Waals surface area contributed by atoms with E-state index in [2.05, 4.69) is 19.2 Å². The quantitative estimate of drug-likeness (QED) is 0.806. The van der Waals surface area contributed by atoms with Crippen LogP contribution < -0.4 is 5.32 Å². The third-order valence-corrected chi connectivity index (χ3v) is 4.79. The van der Waals surface area contributed by atoms with Gasteiger partial charge in [-0.05, 0) is 31.6 Å². The minimum absolute atomic E-state index is 0.0752. The molecule has 0 radical (unpaired) electrons. The van der Waals surface area contributed by atoms with Crippen LogP contribution in [0.2, 0.25) is 0 Å². The van der Waals surface area contributed by atoms with Crippen molar-refractivity contribution >= 4 is 5.97 Å². The molecule has 2 rings (SSSR count). The van der Waals surface area contributed by atoms with E-state index in [-0.39, 0.29) is 23.5 Å². The molecule has 0 bridgehead atoms. The van der Waals surface area contributed by atoms with Crippen molar-refractivity contribution in [2.75, 3.05) is 13.7 Å². The summed E-state index contributed by atoms with van der Waals surface area (Å²) in [5.41, 5.74) is 0.0752. The van der Waals surface area contributed by atoms with Crippen molar-refractivity contribution in [2.24, 2.45) is 5.92 Å². The molecule has 1 aliphatic heterocycles. The minimum Gasteiger partial charge on any atom is -0.468 e. The number of methoxy groups -OCH3 is 1. The number of esters is 1. The maximum absolute atomic E-state index is 11.9. The molecule has 1 saturated carbocycles. The summed E-state index contributed by atoms with van der Waals surface area (Å²) in [6.45, 7) is 4.93. The second-order valence-electron chi connectivity index (χ2n) is 6.69. The normalized spacial score (nSPS) is 27.5. The van der Waals surface area contributed by atoms with Gasteiger partial charge in [0.2, 0.25) is 0 Å². The Morgan fingerprint density at radius 1 is 1.30 bits per heavy atom. The van der Waals surface area contributed by atoms with Crippen LogP contribution in [0.1, 0.15) is 58.8 Å². The van der Waals surface area contributed by atoms with E-state index in [0.29, 0.717) is 6.04 Å².